The number of hydrogen-bond acceptors (Lipinski definition) is 4. The number of nitrogens with one attached hydrogen (secondary N) is 1. The second-order valence-electron chi connectivity index (χ2n) is 6.91. The summed E-state index contributed by atoms with van der Waals surface area (Å²) in [4.78, 5) is 0.720. The summed E-state index contributed by atoms with van der Waals surface area (Å²) in [5, 5.41) is 0. The van der Waals surface area contributed by atoms with E-state index >= 15 is 0 Å². The van der Waals surface area contributed by atoms with Gasteiger partial charge in [0.25, 0.3) is 0 Å². The summed E-state index contributed by atoms with van der Waals surface area (Å²) in [6.07, 6.45) is 0. The van der Waals surface area contributed by atoms with E-state index in [4.69, 9.17) is 9.47 Å². The van der Waals surface area contributed by atoms with Gasteiger partial charge in [-0.3, -0.25) is 0 Å². The number of benzene rings is 4. The van der Waals surface area contributed by atoms with Crippen LogP contribution in [0, 0.1) is 0 Å². The van der Waals surface area contributed by atoms with Gasteiger partial charge in [0.2, 0.25) is 4.90 Å². The fourth-order valence-corrected chi connectivity index (χ4v) is 4.39. The third kappa shape index (κ3) is 3.38. The summed E-state index contributed by atoms with van der Waals surface area (Å²) in [7, 11) is 0. The van der Waals surface area contributed by atoms with Crippen molar-refractivity contribution >= 4 is 17.0 Å². The second kappa shape index (κ2) is 7.78. The molecule has 1 aliphatic heterocycles. The van der Waals surface area contributed by atoms with Crippen LogP contribution in [0.4, 0.5) is 5.69 Å². The first-order chi connectivity index (χ1) is 14.7. The third-order valence-electron chi connectivity index (χ3n) is 4.94. The molecule has 5 heteroatoms. The zero-order valence-electron chi connectivity index (χ0n) is 16.1. The normalized spacial score (nSPS) is 14.8. The summed E-state index contributed by atoms with van der Waals surface area (Å²) < 4.78 is 26.7. The van der Waals surface area contributed by atoms with E-state index in [2.05, 4.69) is 4.72 Å². The molecule has 0 fully saturated rings. The van der Waals surface area contributed by atoms with Crippen LogP contribution in [0.5, 0.6) is 11.5 Å². The van der Waals surface area contributed by atoms with Gasteiger partial charge in [0.1, 0.15) is 0 Å². The molecule has 1 atom stereocenters. The van der Waals surface area contributed by atoms with Crippen LogP contribution in [-0.2, 0) is 17.1 Å². The quantitative estimate of drug-likeness (QED) is 0.403. The van der Waals surface area contributed by atoms with Crippen molar-refractivity contribution in [2.45, 2.75) is 10.7 Å². The maximum absolute atomic E-state index is 10.7. The highest BCUT2D eigenvalue weighted by Gasteiger charge is 2.46. The number of para-hydroxylation sites is 1. The lowest BCUT2D eigenvalue weighted by Gasteiger charge is -2.28. The van der Waals surface area contributed by atoms with E-state index in [0.717, 1.165) is 21.7 Å². The molecule has 2 N–H and O–H groups in total. The van der Waals surface area contributed by atoms with Crippen molar-refractivity contribution in [3.63, 3.8) is 0 Å². The van der Waals surface area contributed by atoms with Gasteiger partial charge >= 0.3 is 17.1 Å². The van der Waals surface area contributed by atoms with E-state index in [1.807, 2.05) is 109 Å². The van der Waals surface area contributed by atoms with E-state index in [0.29, 0.717) is 11.5 Å². The summed E-state index contributed by atoms with van der Waals surface area (Å²) >= 11 is -1.18. The predicted octanol–water partition coefficient (Wildman–Crippen LogP) is 5.84. The lowest BCUT2D eigenvalue weighted by Crippen LogP contribution is -2.36. The van der Waals surface area contributed by atoms with Crippen LogP contribution < -0.4 is 14.2 Å². The van der Waals surface area contributed by atoms with Crippen LogP contribution in [0.15, 0.2) is 114 Å². The van der Waals surface area contributed by atoms with E-state index < -0.39 is 17.1 Å². The molecule has 148 valence electrons. The molecule has 0 aliphatic carbocycles. The first kappa shape index (κ1) is 18.6. The summed E-state index contributed by atoms with van der Waals surface area (Å²) in [5.74, 6) is 0.175. The SMILES string of the molecule is O[S+](Nc1ccccc1)c1ccc2c(c1)OC(c1ccccc1)(c1ccccc1)O2. The molecule has 0 spiro atoms. The summed E-state index contributed by atoms with van der Waals surface area (Å²) in [5.41, 5.74) is 2.66. The topological polar surface area (TPSA) is 50.7 Å². The average Bonchev–Trinajstić information content (AvgIpc) is 3.21. The molecule has 0 saturated carbocycles. The largest absolute Gasteiger partial charge is 0.440 e. The van der Waals surface area contributed by atoms with E-state index in [9.17, 15) is 4.55 Å². The van der Waals surface area contributed by atoms with Crippen LogP contribution in [0.2, 0.25) is 0 Å². The molecule has 30 heavy (non-hydrogen) atoms. The Labute approximate surface area is 178 Å². The monoisotopic (exact) mass is 414 g/mol. The number of fused-ring (bicyclic) bond motifs is 1. The van der Waals surface area contributed by atoms with E-state index in [-0.39, 0.29) is 0 Å². The zero-order valence-corrected chi connectivity index (χ0v) is 16.9. The highest BCUT2D eigenvalue weighted by Crippen LogP contribution is 2.48. The van der Waals surface area contributed by atoms with Gasteiger partial charge in [-0.1, -0.05) is 78.9 Å². The predicted molar refractivity (Wildman–Crippen MR) is 120 cm³/mol. The van der Waals surface area contributed by atoms with Gasteiger partial charge in [-0.2, -0.15) is 9.27 Å². The maximum atomic E-state index is 10.7. The Morgan fingerprint density at radius 1 is 0.633 bits per heavy atom. The Bertz CT molecular complexity index is 1100. The van der Waals surface area contributed by atoms with Crippen molar-refractivity contribution in [3.8, 4) is 11.5 Å². The smallest absolute Gasteiger partial charge is 0.305 e. The van der Waals surface area contributed by atoms with Crippen LogP contribution in [0.25, 0.3) is 0 Å². The number of anilines is 1. The molecule has 0 radical (unpaired) electrons. The fraction of sp³-hybridized carbons (Fsp3) is 0.0400. The minimum atomic E-state index is -1.18. The van der Waals surface area contributed by atoms with E-state index in [1.165, 1.54) is 0 Å². The van der Waals surface area contributed by atoms with Gasteiger partial charge in [0.15, 0.2) is 11.5 Å². The molecule has 1 unspecified atom stereocenters. The molecule has 0 saturated heterocycles. The average molecular weight is 415 g/mol. The molecule has 0 bridgehead atoms. The molecule has 4 aromatic carbocycles. The van der Waals surface area contributed by atoms with Crippen LogP contribution in [0.1, 0.15) is 11.1 Å². The van der Waals surface area contributed by atoms with Crippen molar-refractivity contribution < 1.29 is 14.0 Å². The Hall–Kier alpha value is -3.41. The Morgan fingerprint density at radius 2 is 1.17 bits per heavy atom. The standard InChI is InChI=1S/C25H20NO3S/c27-30(26-21-14-8-3-9-15-21)22-16-17-23-24(18-22)29-25(28-23,19-10-4-1-5-11-19)20-12-6-2-7-13-20/h1-18,26-27H/q+1. The lowest BCUT2D eigenvalue weighted by molar-refractivity contribution is -0.0459. The molecule has 0 amide bonds. The van der Waals surface area contributed by atoms with Gasteiger partial charge in [-0.05, 0) is 18.2 Å². The number of hydrogen-bond donors (Lipinski definition) is 2. The third-order valence-corrected chi connectivity index (χ3v) is 6.07. The van der Waals surface area contributed by atoms with E-state index in [1.54, 1.807) is 0 Å². The molecule has 5 rings (SSSR count). The van der Waals surface area contributed by atoms with Gasteiger partial charge < -0.3 is 9.47 Å². The van der Waals surface area contributed by atoms with Crippen LogP contribution >= 0.6 is 0 Å². The molecule has 1 aliphatic rings. The minimum absolute atomic E-state index is 0.599. The van der Waals surface area contributed by atoms with Crippen LogP contribution in [-0.4, -0.2) is 4.55 Å². The van der Waals surface area contributed by atoms with Crippen molar-refractivity contribution in [3.05, 3.63) is 120 Å². The first-order valence-electron chi connectivity index (χ1n) is 9.63. The molecule has 4 aromatic rings. The van der Waals surface area contributed by atoms with Crippen molar-refractivity contribution in [1.29, 1.82) is 0 Å². The fourth-order valence-electron chi connectivity index (χ4n) is 3.50. The Balaban J connectivity index is 1.49. The number of rotatable bonds is 5. The zero-order chi connectivity index (χ0) is 20.4. The molecule has 0 aromatic heterocycles. The maximum Gasteiger partial charge on any atom is 0.305 e. The lowest BCUT2D eigenvalue weighted by atomic mass is 9.97. The summed E-state index contributed by atoms with van der Waals surface area (Å²) in [6, 6.07) is 34.9. The Kier molecular flexibility index (Phi) is 4.83. The number of ether oxygens (including phenoxy) is 2. The highest BCUT2D eigenvalue weighted by atomic mass is 32.2. The van der Waals surface area contributed by atoms with Gasteiger partial charge in [0.05, 0.1) is 5.69 Å². The minimum Gasteiger partial charge on any atom is -0.440 e. The molecular formula is C25H20NO3S+. The van der Waals surface area contributed by atoms with Crippen molar-refractivity contribution in [2.75, 3.05) is 4.72 Å². The van der Waals surface area contributed by atoms with Gasteiger partial charge in [-0.15, -0.1) is 0 Å². The Morgan fingerprint density at radius 3 is 1.77 bits per heavy atom. The highest BCUT2D eigenvalue weighted by molar-refractivity contribution is 7.92. The molecule has 4 nitrogen and oxygen atoms in total. The van der Waals surface area contributed by atoms with Gasteiger partial charge in [-0.25, -0.2) is 0 Å². The molecule has 1 heterocycles. The summed E-state index contributed by atoms with van der Waals surface area (Å²) in [6.45, 7) is 0. The molecular weight excluding hydrogens is 394 g/mol. The van der Waals surface area contributed by atoms with Crippen molar-refractivity contribution in [1.82, 2.24) is 0 Å². The van der Waals surface area contributed by atoms with Gasteiger partial charge in [0, 0.05) is 23.3 Å². The van der Waals surface area contributed by atoms with Crippen LogP contribution in [0.3, 0.4) is 0 Å². The van der Waals surface area contributed by atoms with Crippen molar-refractivity contribution in [2.24, 2.45) is 0 Å². The first-order valence-corrected chi connectivity index (χ1v) is 10.8. The second-order valence-corrected chi connectivity index (χ2v) is 8.16.